The Balaban J connectivity index is 1.70. The van der Waals surface area contributed by atoms with Crippen LogP contribution < -0.4 is 5.32 Å². The number of thiazole rings is 1. The first kappa shape index (κ1) is 14.6. The van der Waals surface area contributed by atoms with Gasteiger partial charge >= 0.3 is 0 Å². The largest absolute Gasteiger partial charge is 0.377 e. The minimum atomic E-state index is 0.666. The second-order valence-corrected chi connectivity index (χ2v) is 6.74. The van der Waals surface area contributed by atoms with E-state index >= 15 is 0 Å². The number of rotatable bonds is 4. The lowest BCUT2D eigenvalue weighted by Crippen LogP contribution is -1.99. The highest BCUT2D eigenvalue weighted by atomic mass is 79.9. The number of benzene rings is 2. The molecule has 5 heteroatoms. The molecule has 0 fully saturated rings. The van der Waals surface area contributed by atoms with Gasteiger partial charge < -0.3 is 5.32 Å². The van der Waals surface area contributed by atoms with Crippen LogP contribution in [0.1, 0.15) is 5.01 Å². The maximum atomic E-state index is 6.19. The number of nitrogens with one attached hydrogen (secondary N) is 1. The van der Waals surface area contributed by atoms with Gasteiger partial charge in [0, 0.05) is 15.4 Å². The van der Waals surface area contributed by atoms with Crippen molar-refractivity contribution in [3.63, 3.8) is 0 Å². The number of aromatic nitrogens is 1. The van der Waals surface area contributed by atoms with E-state index in [0.29, 0.717) is 11.6 Å². The van der Waals surface area contributed by atoms with E-state index in [4.69, 9.17) is 11.6 Å². The highest BCUT2D eigenvalue weighted by Crippen LogP contribution is 2.27. The standard InChI is InChI=1S/C16H12BrClN2S/c17-12-6-7-14(13(18)8-12)19-9-16-20-15(10-21-16)11-4-2-1-3-5-11/h1-8,10,19H,9H2. The van der Waals surface area contributed by atoms with Gasteiger partial charge in [0.15, 0.2) is 0 Å². The SMILES string of the molecule is Clc1cc(Br)ccc1NCc1nc(-c2ccccc2)cs1. The predicted octanol–water partition coefficient (Wildman–Crippen LogP) is 5.84. The third-order valence-corrected chi connectivity index (χ3v) is 4.64. The first-order valence-corrected chi connectivity index (χ1v) is 8.46. The maximum absolute atomic E-state index is 6.19. The van der Waals surface area contributed by atoms with Gasteiger partial charge in [-0.15, -0.1) is 11.3 Å². The van der Waals surface area contributed by atoms with E-state index in [9.17, 15) is 0 Å². The van der Waals surface area contributed by atoms with Gasteiger partial charge in [-0.05, 0) is 18.2 Å². The van der Waals surface area contributed by atoms with Crippen molar-refractivity contribution in [3.8, 4) is 11.3 Å². The molecule has 3 aromatic rings. The van der Waals surface area contributed by atoms with E-state index in [1.165, 1.54) is 0 Å². The second kappa shape index (κ2) is 6.60. The van der Waals surface area contributed by atoms with Gasteiger partial charge in [-0.1, -0.05) is 57.9 Å². The Kier molecular flexibility index (Phi) is 4.58. The summed E-state index contributed by atoms with van der Waals surface area (Å²) in [6, 6.07) is 16.0. The zero-order valence-electron chi connectivity index (χ0n) is 11.0. The summed E-state index contributed by atoms with van der Waals surface area (Å²) in [6.07, 6.45) is 0. The summed E-state index contributed by atoms with van der Waals surface area (Å²) in [5.74, 6) is 0. The van der Waals surface area contributed by atoms with Gasteiger partial charge in [0.2, 0.25) is 0 Å². The van der Waals surface area contributed by atoms with Gasteiger partial charge in [0.05, 0.1) is 22.9 Å². The Morgan fingerprint density at radius 1 is 1.14 bits per heavy atom. The summed E-state index contributed by atoms with van der Waals surface area (Å²) in [4.78, 5) is 4.65. The molecule has 3 rings (SSSR count). The third-order valence-electron chi connectivity index (χ3n) is 2.98. The van der Waals surface area contributed by atoms with Crippen LogP contribution in [0.15, 0.2) is 58.4 Å². The highest BCUT2D eigenvalue weighted by molar-refractivity contribution is 9.10. The lowest BCUT2D eigenvalue weighted by molar-refractivity contribution is 1.11. The van der Waals surface area contributed by atoms with Gasteiger partial charge in [-0.2, -0.15) is 0 Å². The van der Waals surface area contributed by atoms with Crippen molar-refractivity contribution < 1.29 is 0 Å². The summed E-state index contributed by atoms with van der Waals surface area (Å²) in [7, 11) is 0. The Morgan fingerprint density at radius 3 is 2.71 bits per heavy atom. The van der Waals surface area contributed by atoms with Crippen LogP contribution in [0.2, 0.25) is 5.02 Å². The Bertz CT molecular complexity index is 743. The van der Waals surface area contributed by atoms with Gasteiger partial charge in [0.1, 0.15) is 5.01 Å². The smallest absolute Gasteiger partial charge is 0.112 e. The van der Waals surface area contributed by atoms with Gasteiger partial charge in [0.25, 0.3) is 0 Å². The fraction of sp³-hybridized carbons (Fsp3) is 0.0625. The van der Waals surface area contributed by atoms with Crippen LogP contribution in [0.25, 0.3) is 11.3 Å². The normalized spacial score (nSPS) is 10.6. The summed E-state index contributed by atoms with van der Waals surface area (Å²) < 4.78 is 0.971. The van der Waals surface area contributed by atoms with Crippen LogP contribution in [-0.4, -0.2) is 4.98 Å². The van der Waals surface area contributed by atoms with E-state index in [1.54, 1.807) is 11.3 Å². The lowest BCUT2D eigenvalue weighted by Gasteiger charge is -2.06. The molecule has 0 saturated carbocycles. The molecule has 0 aliphatic rings. The Morgan fingerprint density at radius 2 is 1.95 bits per heavy atom. The molecule has 2 aromatic carbocycles. The Labute approximate surface area is 140 Å². The molecular formula is C16H12BrClN2S. The number of nitrogens with zero attached hydrogens (tertiary/aromatic N) is 1. The summed E-state index contributed by atoms with van der Waals surface area (Å²) in [5, 5.41) is 7.13. The lowest BCUT2D eigenvalue weighted by atomic mass is 10.2. The molecule has 0 radical (unpaired) electrons. The van der Waals surface area contributed by atoms with E-state index in [-0.39, 0.29) is 0 Å². The summed E-state index contributed by atoms with van der Waals surface area (Å²) in [5.41, 5.74) is 3.07. The quantitative estimate of drug-likeness (QED) is 0.616. The van der Waals surface area contributed by atoms with Crippen LogP contribution in [0, 0.1) is 0 Å². The zero-order chi connectivity index (χ0) is 14.7. The van der Waals surface area contributed by atoms with Crippen molar-refractivity contribution in [2.75, 3.05) is 5.32 Å². The number of hydrogen-bond acceptors (Lipinski definition) is 3. The van der Waals surface area contributed by atoms with Crippen LogP contribution in [-0.2, 0) is 6.54 Å². The molecule has 1 heterocycles. The molecule has 0 saturated heterocycles. The monoisotopic (exact) mass is 378 g/mol. The fourth-order valence-corrected chi connectivity index (χ4v) is 3.42. The molecule has 0 bridgehead atoms. The van der Waals surface area contributed by atoms with Crippen molar-refractivity contribution in [1.29, 1.82) is 0 Å². The van der Waals surface area contributed by atoms with Crippen molar-refractivity contribution in [3.05, 3.63) is 68.4 Å². The van der Waals surface area contributed by atoms with Crippen LogP contribution in [0.5, 0.6) is 0 Å². The molecule has 1 aromatic heterocycles. The van der Waals surface area contributed by atoms with E-state index in [1.807, 2.05) is 36.4 Å². The van der Waals surface area contributed by atoms with Crippen molar-refractivity contribution in [2.24, 2.45) is 0 Å². The molecule has 0 aliphatic heterocycles. The summed E-state index contributed by atoms with van der Waals surface area (Å²) >= 11 is 11.2. The first-order chi connectivity index (χ1) is 10.2. The number of anilines is 1. The first-order valence-electron chi connectivity index (χ1n) is 6.41. The maximum Gasteiger partial charge on any atom is 0.112 e. The molecule has 0 atom stereocenters. The van der Waals surface area contributed by atoms with Crippen molar-refractivity contribution in [2.45, 2.75) is 6.54 Å². The molecule has 0 amide bonds. The predicted molar refractivity (Wildman–Crippen MR) is 94.0 cm³/mol. The highest BCUT2D eigenvalue weighted by Gasteiger charge is 2.05. The van der Waals surface area contributed by atoms with E-state index in [2.05, 4.69) is 43.7 Å². The second-order valence-electron chi connectivity index (χ2n) is 4.47. The van der Waals surface area contributed by atoms with Crippen LogP contribution in [0.4, 0.5) is 5.69 Å². The fourth-order valence-electron chi connectivity index (χ4n) is 1.94. The summed E-state index contributed by atoms with van der Waals surface area (Å²) in [6.45, 7) is 0.666. The molecule has 21 heavy (non-hydrogen) atoms. The molecule has 106 valence electrons. The molecular weight excluding hydrogens is 368 g/mol. The van der Waals surface area contributed by atoms with Crippen molar-refractivity contribution in [1.82, 2.24) is 4.98 Å². The minimum Gasteiger partial charge on any atom is -0.377 e. The topological polar surface area (TPSA) is 24.9 Å². The Hall–Kier alpha value is -1.36. The van der Waals surface area contributed by atoms with E-state index in [0.717, 1.165) is 26.4 Å². The number of hydrogen-bond donors (Lipinski definition) is 1. The van der Waals surface area contributed by atoms with Crippen molar-refractivity contribution >= 4 is 44.6 Å². The molecule has 0 aliphatic carbocycles. The molecule has 2 nitrogen and oxygen atoms in total. The van der Waals surface area contributed by atoms with Crippen LogP contribution >= 0.6 is 38.9 Å². The molecule has 0 spiro atoms. The third kappa shape index (κ3) is 3.64. The number of halogens is 2. The van der Waals surface area contributed by atoms with Gasteiger partial charge in [-0.25, -0.2) is 4.98 Å². The van der Waals surface area contributed by atoms with E-state index < -0.39 is 0 Å². The average Bonchev–Trinajstić information content (AvgIpc) is 2.96. The molecule has 1 N–H and O–H groups in total. The average molecular weight is 380 g/mol. The van der Waals surface area contributed by atoms with Crippen LogP contribution in [0.3, 0.4) is 0 Å². The van der Waals surface area contributed by atoms with Gasteiger partial charge in [-0.3, -0.25) is 0 Å². The minimum absolute atomic E-state index is 0.666. The molecule has 0 unspecified atom stereocenters. The zero-order valence-corrected chi connectivity index (χ0v) is 14.2.